The zero-order valence-electron chi connectivity index (χ0n) is 13.7. The van der Waals surface area contributed by atoms with Crippen LogP contribution in [0.1, 0.15) is 16.1 Å². The molecule has 0 fully saturated rings. The monoisotopic (exact) mass is 348 g/mol. The standard InChI is InChI=1S/C20H16N2O2S/c1-25-12-15-14-7-3-5-9-17(14)24-19(15)20(23)22-18-11-10-13-6-2-4-8-16(13)21-18/h2-11H,12H2,1H3,(H,21,22,23). The Labute approximate surface area is 149 Å². The van der Waals surface area contributed by atoms with Crippen molar-refractivity contribution in [1.29, 1.82) is 0 Å². The minimum atomic E-state index is -0.275. The zero-order chi connectivity index (χ0) is 17.2. The molecule has 0 spiro atoms. The van der Waals surface area contributed by atoms with Gasteiger partial charge in [0.15, 0.2) is 5.76 Å². The lowest BCUT2D eigenvalue weighted by Gasteiger charge is -2.05. The highest BCUT2D eigenvalue weighted by Gasteiger charge is 2.20. The highest BCUT2D eigenvalue weighted by molar-refractivity contribution is 7.97. The molecule has 0 aliphatic heterocycles. The van der Waals surface area contributed by atoms with Crippen molar-refractivity contribution in [3.05, 3.63) is 72.0 Å². The van der Waals surface area contributed by atoms with Gasteiger partial charge in [-0.1, -0.05) is 36.4 Å². The van der Waals surface area contributed by atoms with Crippen molar-refractivity contribution in [2.24, 2.45) is 0 Å². The molecule has 2 heterocycles. The number of pyridine rings is 1. The van der Waals surface area contributed by atoms with Crippen molar-refractivity contribution in [3.63, 3.8) is 0 Å². The molecule has 0 atom stereocenters. The van der Waals surface area contributed by atoms with Crippen LogP contribution < -0.4 is 5.32 Å². The molecule has 0 saturated heterocycles. The fourth-order valence-corrected chi connectivity index (χ4v) is 3.45. The number of nitrogens with one attached hydrogen (secondary N) is 1. The molecule has 2 aromatic carbocycles. The summed E-state index contributed by atoms with van der Waals surface area (Å²) in [7, 11) is 0. The first-order chi connectivity index (χ1) is 12.3. The Morgan fingerprint density at radius 2 is 1.88 bits per heavy atom. The van der Waals surface area contributed by atoms with Gasteiger partial charge in [0.1, 0.15) is 11.4 Å². The molecule has 0 bridgehead atoms. The van der Waals surface area contributed by atoms with Gasteiger partial charge in [0, 0.05) is 22.1 Å². The van der Waals surface area contributed by atoms with Crippen LogP contribution in [0.15, 0.2) is 65.1 Å². The number of thioether (sulfide) groups is 1. The third kappa shape index (κ3) is 2.98. The Balaban J connectivity index is 1.70. The Morgan fingerprint density at radius 3 is 2.76 bits per heavy atom. The number of carbonyl (C=O) groups is 1. The number of hydrogen-bond acceptors (Lipinski definition) is 4. The van der Waals surface area contributed by atoms with Crippen LogP contribution in [0.3, 0.4) is 0 Å². The number of anilines is 1. The number of nitrogens with zero attached hydrogens (tertiary/aromatic N) is 1. The van der Waals surface area contributed by atoms with Crippen LogP contribution in [-0.4, -0.2) is 17.1 Å². The van der Waals surface area contributed by atoms with Gasteiger partial charge in [-0.3, -0.25) is 4.79 Å². The van der Waals surface area contributed by atoms with E-state index in [9.17, 15) is 4.79 Å². The van der Waals surface area contributed by atoms with Crippen LogP contribution in [0.25, 0.3) is 21.9 Å². The fraction of sp³-hybridized carbons (Fsp3) is 0.100. The summed E-state index contributed by atoms with van der Waals surface area (Å²) in [6.07, 6.45) is 2.01. The molecule has 1 N–H and O–H groups in total. The Kier molecular flexibility index (Phi) is 4.15. The summed E-state index contributed by atoms with van der Waals surface area (Å²) in [6.45, 7) is 0. The van der Waals surface area contributed by atoms with Gasteiger partial charge in [-0.15, -0.1) is 0 Å². The highest BCUT2D eigenvalue weighted by atomic mass is 32.2. The number of benzene rings is 2. The molecular weight excluding hydrogens is 332 g/mol. The topological polar surface area (TPSA) is 55.1 Å². The average molecular weight is 348 g/mol. The maximum Gasteiger partial charge on any atom is 0.292 e. The molecule has 124 valence electrons. The molecule has 0 saturated carbocycles. The van der Waals surface area contributed by atoms with Gasteiger partial charge in [0.25, 0.3) is 5.91 Å². The second kappa shape index (κ2) is 6.61. The van der Waals surface area contributed by atoms with Crippen molar-refractivity contribution in [2.45, 2.75) is 5.75 Å². The van der Waals surface area contributed by atoms with E-state index in [4.69, 9.17) is 4.42 Å². The normalized spacial score (nSPS) is 11.1. The van der Waals surface area contributed by atoms with Gasteiger partial charge in [0.05, 0.1) is 5.52 Å². The van der Waals surface area contributed by atoms with Crippen molar-refractivity contribution in [1.82, 2.24) is 4.98 Å². The molecule has 0 aliphatic carbocycles. The second-order valence-electron chi connectivity index (χ2n) is 5.68. The van der Waals surface area contributed by atoms with Gasteiger partial charge in [-0.25, -0.2) is 4.98 Å². The Hall–Kier alpha value is -2.79. The number of furan rings is 1. The predicted molar refractivity (Wildman–Crippen MR) is 103 cm³/mol. The van der Waals surface area contributed by atoms with Gasteiger partial charge < -0.3 is 9.73 Å². The summed E-state index contributed by atoms with van der Waals surface area (Å²) < 4.78 is 5.82. The van der Waals surface area contributed by atoms with E-state index in [-0.39, 0.29) is 5.91 Å². The first-order valence-corrected chi connectivity index (χ1v) is 9.32. The van der Waals surface area contributed by atoms with Crippen LogP contribution in [0, 0.1) is 0 Å². The number of hydrogen-bond donors (Lipinski definition) is 1. The van der Waals surface area contributed by atoms with Gasteiger partial charge in [0.2, 0.25) is 0 Å². The van der Waals surface area contributed by atoms with Crippen molar-refractivity contribution in [3.8, 4) is 0 Å². The molecule has 2 aromatic heterocycles. The smallest absolute Gasteiger partial charge is 0.292 e. The summed E-state index contributed by atoms with van der Waals surface area (Å²) in [5.74, 6) is 1.30. The summed E-state index contributed by atoms with van der Waals surface area (Å²) in [6, 6.07) is 19.3. The molecular formula is C20H16N2O2S. The number of rotatable bonds is 4. The zero-order valence-corrected chi connectivity index (χ0v) is 14.5. The minimum absolute atomic E-state index is 0.275. The lowest BCUT2D eigenvalue weighted by atomic mass is 10.1. The van der Waals surface area contributed by atoms with E-state index in [1.807, 2.05) is 60.9 Å². The van der Waals surface area contributed by atoms with Crippen molar-refractivity contribution < 1.29 is 9.21 Å². The van der Waals surface area contributed by atoms with Crippen LogP contribution in [0.5, 0.6) is 0 Å². The van der Waals surface area contributed by atoms with Crippen LogP contribution in [-0.2, 0) is 5.75 Å². The predicted octanol–water partition coefficient (Wildman–Crippen LogP) is 5.10. The Bertz CT molecular complexity index is 1070. The van der Waals surface area contributed by atoms with Crippen molar-refractivity contribution >= 4 is 45.4 Å². The largest absolute Gasteiger partial charge is 0.451 e. The van der Waals surface area contributed by atoms with Crippen LogP contribution in [0.4, 0.5) is 5.82 Å². The molecule has 0 unspecified atom stereocenters. The summed E-state index contributed by atoms with van der Waals surface area (Å²) >= 11 is 1.66. The highest BCUT2D eigenvalue weighted by Crippen LogP contribution is 2.29. The molecule has 4 nitrogen and oxygen atoms in total. The summed E-state index contributed by atoms with van der Waals surface area (Å²) in [5.41, 5.74) is 2.49. The minimum Gasteiger partial charge on any atom is -0.451 e. The molecule has 4 aromatic rings. The summed E-state index contributed by atoms with van der Waals surface area (Å²) in [4.78, 5) is 17.3. The van der Waals surface area contributed by atoms with E-state index in [1.165, 1.54) is 0 Å². The summed E-state index contributed by atoms with van der Waals surface area (Å²) in [5, 5.41) is 4.87. The number of para-hydroxylation sites is 2. The fourth-order valence-electron chi connectivity index (χ4n) is 2.88. The SMILES string of the molecule is CSCc1c(C(=O)Nc2ccc3ccccc3n2)oc2ccccc12. The number of fused-ring (bicyclic) bond motifs is 2. The van der Waals surface area contributed by atoms with Gasteiger partial charge in [-0.2, -0.15) is 11.8 Å². The van der Waals surface area contributed by atoms with Crippen LogP contribution in [0.2, 0.25) is 0 Å². The Morgan fingerprint density at radius 1 is 1.08 bits per heavy atom. The molecule has 1 amide bonds. The average Bonchev–Trinajstić information content (AvgIpc) is 3.01. The van der Waals surface area contributed by atoms with Crippen molar-refractivity contribution in [2.75, 3.05) is 11.6 Å². The number of aromatic nitrogens is 1. The maximum absolute atomic E-state index is 12.8. The lowest BCUT2D eigenvalue weighted by molar-refractivity contribution is 0.0997. The molecule has 0 aliphatic rings. The van der Waals surface area contributed by atoms with E-state index in [2.05, 4.69) is 10.3 Å². The number of carbonyl (C=O) groups excluding carboxylic acids is 1. The quantitative estimate of drug-likeness (QED) is 0.558. The number of amides is 1. The second-order valence-corrected chi connectivity index (χ2v) is 6.55. The molecule has 0 radical (unpaired) electrons. The van der Waals surface area contributed by atoms with E-state index in [0.29, 0.717) is 17.3 Å². The van der Waals surface area contributed by atoms with E-state index < -0.39 is 0 Å². The first-order valence-electron chi connectivity index (χ1n) is 7.93. The third-order valence-electron chi connectivity index (χ3n) is 4.03. The van der Waals surface area contributed by atoms with E-state index in [1.54, 1.807) is 17.8 Å². The van der Waals surface area contributed by atoms with Gasteiger partial charge >= 0.3 is 0 Å². The first kappa shape index (κ1) is 15.7. The third-order valence-corrected chi connectivity index (χ3v) is 4.61. The van der Waals surface area contributed by atoms with E-state index in [0.717, 1.165) is 27.4 Å². The van der Waals surface area contributed by atoms with Crippen LogP contribution >= 0.6 is 11.8 Å². The lowest BCUT2D eigenvalue weighted by Crippen LogP contribution is -2.13. The van der Waals surface area contributed by atoms with E-state index >= 15 is 0 Å². The molecule has 5 heteroatoms. The van der Waals surface area contributed by atoms with Gasteiger partial charge in [-0.05, 0) is 30.5 Å². The maximum atomic E-state index is 12.8. The molecule has 4 rings (SSSR count). The molecule has 25 heavy (non-hydrogen) atoms.